The van der Waals surface area contributed by atoms with Gasteiger partial charge < -0.3 is 15.7 Å². The first-order valence-corrected chi connectivity index (χ1v) is 5.55. The normalized spacial score (nSPS) is 21.4. The Labute approximate surface area is 94.7 Å². The zero-order valence-electron chi connectivity index (χ0n) is 9.07. The Kier molecular flexibility index (Phi) is 3.54. The molecule has 3 N–H and O–H groups in total. The maximum absolute atomic E-state index is 11.1. The number of carboxylic acid groups (broad SMARTS) is 1. The van der Waals surface area contributed by atoms with Crippen molar-refractivity contribution in [1.82, 2.24) is 10.6 Å². The highest BCUT2D eigenvalue weighted by Crippen LogP contribution is 2.21. The fraction of sp³-hybridized carbons (Fsp3) is 0.417. The number of nitrogens with one attached hydrogen (secondary N) is 2. The number of carbonyl (C=O) groups is 1. The summed E-state index contributed by atoms with van der Waals surface area (Å²) < 4.78 is 0. The number of carboxylic acids is 1. The number of rotatable bonds is 2. The topological polar surface area (TPSA) is 61.4 Å². The van der Waals surface area contributed by atoms with E-state index in [9.17, 15) is 4.79 Å². The quantitative estimate of drug-likeness (QED) is 0.696. The van der Waals surface area contributed by atoms with Crippen LogP contribution in [0, 0.1) is 0 Å². The standard InChI is InChI=1S/C12H16N2O2/c15-12(16)10-4-2-1-3-9(10)11-5-6-13-7-8-14-11/h1-4,11,13-14H,5-8H2,(H,15,16). The monoisotopic (exact) mass is 220 g/mol. The van der Waals surface area contributed by atoms with Crippen LogP contribution in [0.3, 0.4) is 0 Å². The van der Waals surface area contributed by atoms with E-state index in [1.54, 1.807) is 12.1 Å². The van der Waals surface area contributed by atoms with Crippen molar-refractivity contribution in [2.45, 2.75) is 12.5 Å². The molecule has 0 saturated carbocycles. The second kappa shape index (κ2) is 5.09. The van der Waals surface area contributed by atoms with E-state index in [4.69, 9.17) is 5.11 Å². The molecule has 4 heteroatoms. The summed E-state index contributed by atoms with van der Waals surface area (Å²) in [6, 6.07) is 7.36. The fourth-order valence-corrected chi connectivity index (χ4v) is 2.07. The van der Waals surface area contributed by atoms with E-state index in [2.05, 4.69) is 10.6 Å². The molecule has 1 atom stereocenters. The lowest BCUT2D eigenvalue weighted by Crippen LogP contribution is -2.24. The van der Waals surface area contributed by atoms with Crippen LogP contribution in [0.5, 0.6) is 0 Å². The molecule has 0 radical (unpaired) electrons. The van der Waals surface area contributed by atoms with Crippen molar-refractivity contribution in [3.8, 4) is 0 Å². The molecule has 0 aromatic heterocycles. The first-order valence-electron chi connectivity index (χ1n) is 5.55. The van der Waals surface area contributed by atoms with Gasteiger partial charge in [-0.05, 0) is 24.6 Å². The van der Waals surface area contributed by atoms with Crippen molar-refractivity contribution in [2.24, 2.45) is 0 Å². The molecule has 1 aliphatic heterocycles. The maximum Gasteiger partial charge on any atom is 0.336 e. The molecule has 0 spiro atoms. The van der Waals surface area contributed by atoms with Gasteiger partial charge in [-0.25, -0.2) is 4.79 Å². The Morgan fingerprint density at radius 2 is 2.06 bits per heavy atom. The molecule has 1 unspecified atom stereocenters. The van der Waals surface area contributed by atoms with Gasteiger partial charge in [-0.2, -0.15) is 0 Å². The summed E-state index contributed by atoms with van der Waals surface area (Å²) in [7, 11) is 0. The van der Waals surface area contributed by atoms with Gasteiger partial charge in [-0.3, -0.25) is 0 Å². The lowest BCUT2D eigenvalue weighted by molar-refractivity contribution is 0.0695. The Morgan fingerprint density at radius 3 is 2.88 bits per heavy atom. The first-order chi connectivity index (χ1) is 7.79. The molecule has 1 fully saturated rings. The summed E-state index contributed by atoms with van der Waals surface area (Å²) in [6.07, 6.45) is 0.921. The summed E-state index contributed by atoms with van der Waals surface area (Å²) in [5.74, 6) is -0.852. The number of benzene rings is 1. The molecular formula is C12H16N2O2. The van der Waals surface area contributed by atoms with Crippen LogP contribution in [0.15, 0.2) is 24.3 Å². The summed E-state index contributed by atoms with van der Waals surface area (Å²) in [5, 5.41) is 15.8. The molecule has 1 aromatic rings. The summed E-state index contributed by atoms with van der Waals surface area (Å²) in [6.45, 7) is 2.73. The van der Waals surface area contributed by atoms with Crippen LogP contribution in [-0.4, -0.2) is 30.7 Å². The molecular weight excluding hydrogens is 204 g/mol. The van der Waals surface area contributed by atoms with Crippen molar-refractivity contribution in [1.29, 1.82) is 0 Å². The first kappa shape index (κ1) is 11.1. The van der Waals surface area contributed by atoms with Crippen LogP contribution in [0.2, 0.25) is 0 Å². The third kappa shape index (κ3) is 2.40. The second-order valence-corrected chi connectivity index (χ2v) is 3.94. The average molecular weight is 220 g/mol. The largest absolute Gasteiger partial charge is 0.478 e. The molecule has 86 valence electrons. The lowest BCUT2D eigenvalue weighted by Gasteiger charge is -2.17. The van der Waals surface area contributed by atoms with Crippen LogP contribution in [0.1, 0.15) is 28.4 Å². The van der Waals surface area contributed by atoms with Crippen LogP contribution in [0.25, 0.3) is 0 Å². The van der Waals surface area contributed by atoms with E-state index in [1.807, 2.05) is 12.1 Å². The third-order valence-electron chi connectivity index (χ3n) is 2.87. The molecule has 0 bridgehead atoms. The number of hydrogen-bond acceptors (Lipinski definition) is 3. The molecule has 0 amide bonds. The van der Waals surface area contributed by atoms with E-state index in [-0.39, 0.29) is 6.04 Å². The van der Waals surface area contributed by atoms with Gasteiger partial charge in [0.25, 0.3) is 0 Å². The van der Waals surface area contributed by atoms with Crippen LogP contribution in [-0.2, 0) is 0 Å². The minimum absolute atomic E-state index is 0.141. The van der Waals surface area contributed by atoms with Gasteiger partial charge in [-0.15, -0.1) is 0 Å². The van der Waals surface area contributed by atoms with Gasteiger partial charge >= 0.3 is 5.97 Å². The number of aromatic carboxylic acids is 1. The SMILES string of the molecule is O=C(O)c1ccccc1C1CCNCCN1. The second-order valence-electron chi connectivity index (χ2n) is 3.94. The van der Waals surface area contributed by atoms with E-state index in [1.165, 1.54) is 0 Å². The molecule has 1 heterocycles. The smallest absolute Gasteiger partial charge is 0.336 e. The Balaban J connectivity index is 2.27. The zero-order chi connectivity index (χ0) is 11.4. The van der Waals surface area contributed by atoms with E-state index in [0.29, 0.717) is 5.56 Å². The van der Waals surface area contributed by atoms with Crippen molar-refractivity contribution in [3.63, 3.8) is 0 Å². The van der Waals surface area contributed by atoms with Crippen LogP contribution >= 0.6 is 0 Å². The predicted molar refractivity (Wildman–Crippen MR) is 61.6 cm³/mol. The van der Waals surface area contributed by atoms with E-state index >= 15 is 0 Å². The summed E-state index contributed by atoms with van der Waals surface area (Å²) in [5.41, 5.74) is 1.29. The van der Waals surface area contributed by atoms with Gasteiger partial charge in [0.1, 0.15) is 0 Å². The van der Waals surface area contributed by atoms with Crippen molar-refractivity contribution >= 4 is 5.97 Å². The van der Waals surface area contributed by atoms with Crippen LogP contribution < -0.4 is 10.6 Å². The minimum Gasteiger partial charge on any atom is -0.478 e. The Morgan fingerprint density at radius 1 is 1.25 bits per heavy atom. The van der Waals surface area contributed by atoms with Gasteiger partial charge in [0.05, 0.1) is 5.56 Å². The molecule has 1 saturated heterocycles. The third-order valence-corrected chi connectivity index (χ3v) is 2.87. The van der Waals surface area contributed by atoms with E-state index in [0.717, 1.165) is 31.6 Å². The zero-order valence-corrected chi connectivity index (χ0v) is 9.07. The molecule has 16 heavy (non-hydrogen) atoms. The van der Waals surface area contributed by atoms with Crippen molar-refractivity contribution in [2.75, 3.05) is 19.6 Å². The summed E-state index contributed by atoms with van der Waals surface area (Å²) >= 11 is 0. The Bertz CT molecular complexity index is 371. The predicted octanol–water partition coefficient (Wildman–Crippen LogP) is 1.01. The highest BCUT2D eigenvalue weighted by molar-refractivity contribution is 5.89. The maximum atomic E-state index is 11.1. The van der Waals surface area contributed by atoms with Gasteiger partial charge in [0.2, 0.25) is 0 Å². The fourth-order valence-electron chi connectivity index (χ4n) is 2.07. The molecule has 4 nitrogen and oxygen atoms in total. The van der Waals surface area contributed by atoms with Crippen molar-refractivity contribution in [3.05, 3.63) is 35.4 Å². The molecule has 0 aliphatic carbocycles. The summed E-state index contributed by atoms with van der Waals surface area (Å²) in [4.78, 5) is 11.1. The lowest BCUT2D eigenvalue weighted by atomic mass is 9.98. The number of hydrogen-bond donors (Lipinski definition) is 3. The van der Waals surface area contributed by atoms with Gasteiger partial charge in [0.15, 0.2) is 0 Å². The molecule has 2 rings (SSSR count). The highest BCUT2D eigenvalue weighted by Gasteiger charge is 2.18. The van der Waals surface area contributed by atoms with Gasteiger partial charge in [-0.1, -0.05) is 18.2 Å². The van der Waals surface area contributed by atoms with Gasteiger partial charge in [0, 0.05) is 19.1 Å². The van der Waals surface area contributed by atoms with Crippen LogP contribution in [0.4, 0.5) is 0 Å². The average Bonchev–Trinajstić information content (AvgIpc) is 2.57. The van der Waals surface area contributed by atoms with E-state index < -0.39 is 5.97 Å². The molecule has 1 aliphatic rings. The molecule has 1 aromatic carbocycles. The minimum atomic E-state index is -0.852. The highest BCUT2D eigenvalue weighted by atomic mass is 16.4. The van der Waals surface area contributed by atoms with Crippen molar-refractivity contribution < 1.29 is 9.90 Å². The Hall–Kier alpha value is -1.39.